The highest BCUT2D eigenvalue weighted by Crippen LogP contribution is 2.23. The minimum absolute atomic E-state index is 0.0206. The molecule has 0 saturated carbocycles. The molecule has 138 valence electrons. The zero-order chi connectivity index (χ0) is 19.7. The smallest absolute Gasteiger partial charge is 0.282 e. The predicted molar refractivity (Wildman–Crippen MR) is 106 cm³/mol. The number of carbonyl (C=O) groups is 1. The Kier molecular flexibility index (Phi) is 4.33. The van der Waals surface area contributed by atoms with Gasteiger partial charge in [-0.2, -0.15) is 0 Å². The first kappa shape index (κ1) is 17.4. The van der Waals surface area contributed by atoms with Gasteiger partial charge in [0.25, 0.3) is 11.6 Å². The second-order valence-corrected chi connectivity index (χ2v) is 6.40. The Bertz CT molecular complexity index is 1200. The molecule has 4 rings (SSSR count). The first-order valence-corrected chi connectivity index (χ1v) is 8.62. The number of nitro groups is 1. The van der Waals surface area contributed by atoms with E-state index in [0.29, 0.717) is 5.69 Å². The average molecular weight is 372 g/mol. The van der Waals surface area contributed by atoms with Gasteiger partial charge in [0.2, 0.25) is 0 Å². The molecule has 1 amide bonds. The summed E-state index contributed by atoms with van der Waals surface area (Å²) in [6.45, 7) is 2.02. The van der Waals surface area contributed by atoms with Crippen LogP contribution in [-0.2, 0) is 0 Å². The normalized spacial score (nSPS) is 10.8. The van der Waals surface area contributed by atoms with Crippen LogP contribution in [-0.4, -0.2) is 20.2 Å². The molecule has 0 aliphatic carbocycles. The SMILES string of the molecule is Cc1ccn2cc(-c3ccc(NC(=O)c4ccccc4[N+](=O)[O-])cc3)nc2c1. The summed E-state index contributed by atoms with van der Waals surface area (Å²) in [5, 5.41) is 13.8. The highest BCUT2D eigenvalue weighted by atomic mass is 16.6. The van der Waals surface area contributed by atoms with E-state index in [0.717, 1.165) is 22.5 Å². The summed E-state index contributed by atoms with van der Waals surface area (Å²) in [5.41, 5.74) is 4.07. The van der Waals surface area contributed by atoms with Crippen molar-refractivity contribution >= 4 is 22.9 Å². The molecule has 0 saturated heterocycles. The number of nitro benzene ring substituents is 1. The van der Waals surface area contributed by atoms with Crippen LogP contribution in [0.3, 0.4) is 0 Å². The fourth-order valence-corrected chi connectivity index (χ4v) is 2.97. The van der Waals surface area contributed by atoms with Crippen LogP contribution >= 0.6 is 0 Å². The Morgan fingerprint density at radius 2 is 1.86 bits per heavy atom. The van der Waals surface area contributed by atoms with Gasteiger partial charge >= 0.3 is 0 Å². The maximum absolute atomic E-state index is 12.4. The van der Waals surface area contributed by atoms with Gasteiger partial charge in [0, 0.05) is 29.7 Å². The van der Waals surface area contributed by atoms with Gasteiger partial charge in [-0.25, -0.2) is 4.98 Å². The first-order valence-electron chi connectivity index (χ1n) is 8.62. The third-order valence-electron chi connectivity index (χ3n) is 4.40. The Balaban J connectivity index is 1.56. The molecule has 0 radical (unpaired) electrons. The molecule has 0 atom stereocenters. The number of benzene rings is 2. The molecule has 2 aromatic heterocycles. The number of rotatable bonds is 4. The lowest BCUT2D eigenvalue weighted by molar-refractivity contribution is -0.385. The van der Waals surface area contributed by atoms with Crippen molar-refractivity contribution < 1.29 is 9.72 Å². The summed E-state index contributed by atoms with van der Waals surface area (Å²) in [7, 11) is 0. The highest BCUT2D eigenvalue weighted by molar-refractivity contribution is 6.07. The summed E-state index contributed by atoms with van der Waals surface area (Å²) < 4.78 is 1.95. The van der Waals surface area contributed by atoms with Crippen molar-refractivity contribution in [2.24, 2.45) is 0 Å². The molecular weight excluding hydrogens is 356 g/mol. The maximum atomic E-state index is 12.4. The van der Waals surface area contributed by atoms with E-state index >= 15 is 0 Å². The number of carbonyl (C=O) groups excluding carboxylic acids is 1. The summed E-state index contributed by atoms with van der Waals surface area (Å²) >= 11 is 0. The topological polar surface area (TPSA) is 89.5 Å². The second kappa shape index (κ2) is 6.96. The fourth-order valence-electron chi connectivity index (χ4n) is 2.97. The van der Waals surface area contributed by atoms with Gasteiger partial charge in [0.15, 0.2) is 0 Å². The van der Waals surface area contributed by atoms with Crippen molar-refractivity contribution in [2.75, 3.05) is 5.32 Å². The molecule has 2 heterocycles. The van der Waals surface area contributed by atoms with Crippen LogP contribution in [0.4, 0.5) is 11.4 Å². The lowest BCUT2D eigenvalue weighted by Crippen LogP contribution is -2.13. The standard InChI is InChI=1S/C21H16N4O3/c1-14-10-11-24-13-18(23-20(24)12-14)15-6-8-16(9-7-15)22-21(26)17-4-2-3-5-19(17)25(27)28/h2-13H,1H3,(H,22,26). The third kappa shape index (κ3) is 3.33. The molecule has 0 aliphatic heterocycles. The van der Waals surface area contributed by atoms with Gasteiger partial charge < -0.3 is 9.72 Å². The van der Waals surface area contributed by atoms with E-state index in [1.54, 1.807) is 18.2 Å². The number of aryl methyl sites for hydroxylation is 1. The summed E-state index contributed by atoms with van der Waals surface area (Å²) in [6, 6.07) is 17.1. The van der Waals surface area contributed by atoms with E-state index in [2.05, 4.69) is 10.3 Å². The number of hydrogen-bond acceptors (Lipinski definition) is 4. The number of pyridine rings is 1. The number of para-hydroxylation sites is 1. The summed E-state index contributed by atoms with van der Waals surface area (Å²) in [6.07, 6.45) is 3.90. The molecule has 0 bridgehead atoms. The lowest BCUT2D eigenvalue weighted by Gasteiger charge is -2.06. The highest BCUT2D eigenvalue weighted by Gasteiger charge is 2.19. The van der Waals surface area contributed by atoms with Crippen molar-refractivity contribution in [1.82, 2.24) is 9.38 Å². The lowest BCUT2D eigenvalue weighted by atomic mass is 10.1. The van der Waals surface area contributed by atoms with E-state index in [-0.39, 0.29) is 11.3 Å². The molecule has 0 aliphatic rings. The molecule has 0 unspecified atom stereocenters. The van der Waals surface area contributed by atoms with Crippen molar-refractivity contribution in [2.45, 2.75) is 6.92 Å². The van der Waals surface area contributed by atoms with Gasteiger partial charge in [0.1, 0.15) is 11.2 Å². The van der Waals surface area contributed by atoms with E-state index in [9.17, 15) is 14.9 Å². The van der Waals surface area contributed by atoms with Gasteiger partial charge in [-0.1, -0.05) is 24.3 Å². The second-order valence-electron chi connectivity index (χ2n) is 6.40. The number of anilines is 1. The quantitative estimate of drug-likeness (QED) is 0.423. The maximum Gasteiger partial charge on any atom is 0.282 e. The number of aromatic nitrogens is 2. The molecule has 7 heteroatoms. The number of imidazole rings is 1. The number of fused-ring (bicyclic) bond motifs is 1. The van der Waals surface area contributed by atoms with Crippen LogP contribution < -0.4 is 5.32 Å². The van der Waals surface area contributed by atoms with Crippen LogP contribution in [0.5, 0.6) is 0 Å². The van der Waals surface area contributed by atoms with Crippen LogP contribution in [0.15, 0.2) is 73.1 Å². The van der Waals surface area contributed by atoms with Gasteiger partial charge in [-0.3, -0.25) is 14.9 Å². The van der Waals surface area contributed by atoms with Crippen LogP contribution in [0.25, 0.3) is 16.9 Å². The van der Waals surface area contributed by atoms with Gasteiger partial charge in [-0.15, -0.1) is 0 Å². The monoisotopic (exact) mass is 372 g/mol. The molecular formula is C21H16N4O3. The van der Waals surface area contributed by atoms with Gasteiger partial charge in [0.05, 0.1) is 10.6 Å². The molecule has 7 nitrogen and oxygen atoms in total. The Labute approximate surface area is 160 Å². The summed E-state index contributed by atoms with van der Waals surface area (Å²) in [4.78, 5) is 27.6. The zero-order valence-electron chi connectivity index (χ0n) is 15.0. The van der Waals surface area contributed by atoms with E-state index in [1.807, 2.05) is 48.0 Å². The fraction of sp³-hybridized carbons (Fsp3) is 0.0476. The van der Waals surface area contributed by atoms with Crippen molar-refractivity contribution in [3.8, 4) is 11.3 Å². The number of nitrogens with zero attached hydrogens (tertiary/aromatic N) is 3. The number of amides is 1. The summed E-state index contributed by atoms with van der Waals surface area (Å²) in [5.74, 6) is -0.525. The van der Waals surface area contributed by atoms with Crippen LogP contribution in [0, 0.1) is 17.0 Å². The zero-order valence-corrected chi connectivity index (χ0v) is 15.0. The minimum Gasteiger partial charge on any atom is -0.322 e. The minimum atomic E-state index is -0.566. The molecule has 0 fully saturated rings. The van der Waals surface area contributed by atoms with Crippen LogP contribution in [0.1, 0.15) is 15.9 Å². The predicted octanol–water partition coefficient (Wildman–Crippen LogP) is 4.47. The van der Waals surface area contributed by atoms with E-state index in [4.69, 9.17) is 0 Å². The Morgan fingerprint density at radius 3 is 2.61 bits per heavy atom. The van der Waals surface area contributed by atoms with Crippen molar-refractivity contribution in [1.29, 1.82) is 0 Å². The van der Waals surface area contributed by atoms with Crippen LogP contribution in [0.2, 0.25) is 0 Å². The largest absolute Gasteiger partial charge is 0.322 e. The number of nitrogens with one attached hydrogen (secondary N) is 1. The van der Waals surface area contributed by atoms with Crippen molar-refractivity contribution in [3.05, 3.63) is 94.3 Å². The molecule has 2 aromatic carbocycles. The van der Waals surface area contributed by atoms with E-state index < -0.39 is 10.8 Å². The Morgan fingerprint density at radius 1 is 1.11 bits per heavy atom. The molecule has 0 spiro atoms. The third-order valence-corrected chi connectivity index (χ3v) is 4.40. The Hall–Kier alpha value is -4.00. The molecule has 4 aromatic rings. The van der Waals surface area contributed by atoms with Gasteiger partial charge in [-0.05, 0) is 42.8 Å². The van der Waals surface area contributed by atoms with Crippen molar-refractivity contribution in [3.63, 3.8) is 0 Å². The number of hydrogen-bond donors (Lipinski definition) is 1. The molecule has 28 heavy (non-hydrogen) atoms. The van der Waals surface area contributed by atoms with E-state index in [1.165, 1.54) is 18.2 Å². The molecule has 1 N–H and O–H groups in total. The average Bonchev–Trinajstić information content (AvgIpc) is 3.11. The first-order chi connectivity index (χ1) is 13.5.